The van der Waals surface area contributed by atoms with Crippen LogP contribution in [-0.4, -0.2) is 35.4 Å². The Morgan fingerprint density at radius 3 is 2.49 bits per heavy atom. The number of nitrogens with zero attached hydrogens (tertiary/aromatic N) is 5. The van der Waals surface area contributed by atoms with E-state index in [0.29, 0.717) is 22.3 Å². The molecule has 13 heteroatoms. The summed E-state index contributed by atoms with van der Waals surface area (Å²) in [7, 11) is 0. The van der Waals surface area contributed by atoms with Crippen molar-refractivity contribution in [1.82, 2.24) is 22.9 Å². The monoisotopic (exact) mass is 514 g/mol. The molecule has 2 aromatic carbocycles. The Morgan fingerprint density at radius 1 is 1.09 bits per heavy atom. The van der Waals surface area contributed by atoms with Crippen molar-refractivity contribution in [2.24, 2.45) is 0 Å². The predicted octanol–water partition coefficient (Wildman–Crippen LogP) is 3.06. The molecule has 0 aliphatic heterocycles. The highest BCUT2D eigenvalue weighted by Gasteiger charge is 2.17. The Labute approximate surface area is 207 Å². The average Bonchev–Trinajstić information content (AvgIpc) is 3.35. The number of esters is 1. The maximum Gasteiger partial charge on any atom is 0.355 e. The van der Waals surface area contributed by atoms with Crippen LogP contribution in [0, 0.1) is 0 Å². The fraction of sp³-hybridized carbons (Fsp3) is 0.182. The van der Waals surface area contributed by atoms with Gasteiger partial charge in [0.25, 0.3) is 5.88 Å². The molecule has 0 bridgehead atoms. The van der Waals surface area contributed by atoms with Crippen molar-refractivity contribution in [3.63, 3.8) is 0 Å². The minimum Gasteiger partial charge on any atom is -0.465 e. The highest BCUT2D eigenvalue weighted by Crippen LogP contribution is 2.23. The summed E-state index contributed by atoms with van der Waals surface area (Å²) in [5.74, 6) is 0.199. The van der Waals surface area contributed by atoms with Gasteiger partial charge < -0.3 is 14.8 Å². The molecule has 0 aliphatic carbocycles. The summed E-state index contributed by atoms with van der Waals surface area (Å²) >= 11 is 7.00. The van der Waals surface area contributed by atoms with Crippen molar-refractivity contribution < 1.29 is 14.3 Å². The highest BCUT2D eigenvalue weighted by atomic mass is 35.5. The predicted molar refractivity (Wildman–Crippen MR) is 130 cm³/mol. The minimum absolute atomic E-state index is 0.00688. The summed E-state index contributed by atoms with van der Waals surface area (Å²) in [6.07, 6.45) is 1.50. The van der Waals surface area contributed by atoms with Gasteiger partial charge >= 0.3 is 17.3 Å². The molecule has 4 rings (SSSR count). The van der Waals surface area contributed by atoms with Crippen LogP contribution in [0.15, 0.2) is 64.3 Å². The summed E-state index contributed by atoms with van der Waals surface area (Å²) in [5, 5.41) is 3.53. The maximum absolute atomic E-state index is 13.2. The molecule has 0 saturated heterocycles. The summed E-state index contributed by atoms with van der Waals surface area (Å²) in [6.45, 7) is 1.29. The summed E-state index contributed by atoms with van der Waals surface area (Å²) in [5.41, 5.74) is -0.309. The summed E-state index contributed by atoms with van der Waals surface area (Å²) < 4.78 is 20.3. The number of halogens is 1. The highest BCUT2D eigenvalue weighted by molar-refractivity contribution is 6.99. The van der Waals surface area contributed by atoms with Gasteiger partial charge in [-0.2, -0.15) is 9.36 Å². The Bertz CT molecular complexity index is 1420. The lowest BCUT2D eigenvalue weighted by Gasteiger charge is -2.15. The molecule has 0 aliphatic rings. The SMILES string of the molecule is CCOC(=O)Cn1c(=O)nc(Nc2ccc(Oc3cnsn3)cc2)n(Cc2ccc(Cl)cc2)c1=O. The van der Waals surface area contributed by atoms with Gasteiger partial charge in [0.1, 0.15) is 18.5 Å². The normalized spacial score (nSPS) is 10.7. The summed E-state index contributed by atoms with van der Waals surface area (Å²) in [6, 6.07) is 13.6. The number of carbonyl (C=O) groups is 1. The molecule has 0 atom stereocenters. The first-order valence-corrected chi connectivity index (χ1v) is 11.5. The molecule has 2 aromatic heterocycles. The van der Waals surface area contributed by atoms with E-state index in [0.717, 1.165) is 21.9 Å². The number of hydrogen-bond acceptors (Lipinski definition) is 10. The van der Waals surface area contributed by atoms with E-state index in [9.17, 15) is 14.4 Å². The van der Waals surface area contributed by atoms with Crippen LogP contribution in [0.2, 0.25) is 5.02 Å². The third-order valence-electron chi connectivity index (χ3n) is 4.67. The molecule has 0 fully saturated rings. The van der Waals surface area contributed by atoms with Crippen molar-refractivity contribution in [1.29, 1.82) is 0 Å². The van der Waals surface area contributed by atoms with Crippen molar-refractivity contribution in [3.8, 4) is 11.6 Å². The molecule has 35 heavy (non-hydrogen) atoms. The second kappa shape index (κ2) is 10.9. The Hall–Kier alpha value is -4.03. The minimum atomic E-state index is -0.881. The lowest BCUT2D eigenvalue weighted by Crippen LogP contribution is -2.44. The first kappa shape index (κ1) is 24.1. The van der Waals surface area contributed by atoms with Gasteiger partial charge in [0.15, 0.2) is 0 Å². The first-order valence-electron chi connectivity index (χ1n) is 10.4. The van der Waals surface area contributed by atoms with Crippen molar-refractivity contribution in [3.05, 3.63) is 86.3 Å². The molecule has 0 spiro atoms. The zero-order valence-electron chi connectivity index (χ0n) is 18.4. The smallest absolute Gasteiger partial charge is 0.355 e. The van der Waals surface area contributed by atoms with E-state index in [-0.39, 0.29) is 19.1 Å². The van der Waals surface area contributed by atoms with E-state index >= 15 is 0 Å². The van der Waals surface area contributed by atoms with E-state index in [1.165, 1.54) is 10.8 Å². The van der Waals surface area contributed by atoms with E-state index in [4.69, 9.17) is 21.1 Å². The Balaban J connectivity index is 1.66. The van der Waals surface area contributed by atoms with Gasteiger partial charge in [-0.15, -0.1) is 4.37 Å². The number of benzene rings is 2. The third-order valence-corrected chi connectivity index (χ3v) is 5.38. The number of hydrogen-bond donors (Lipinski definition) is 1. The fourth-order valence-electron chi connectivity index (χ4n) is 3.07. The molecule has 1 N–H and O–H groups in total. The van der Waals surface area contributed by atoms with Gasteiger partial charge in [-0.05, 0) is 48.9 Å². The van der Waals surface area contributed by atoms with Crippen molar-refractivity contribution >= 4 is 40.9 Å². The zero-order chi connectivity index (χ0) is 24.8. The van der Waals surface area contributed by atoms with Gasteiger partial charge in [-0.1, -0.05) is 23.7 Å². The lowest BCUT2D eigenvalue weighted by molar-refractivity contribution is -0.144. The number of rotatable bonds is 9. The van der Waals surface area contributed by atoms with Crippen LogP contribution >= 0.6 is 23.3 Å². The van der Waals surface area contributed by atoms with Crippen LogP contribution < -0.4 is 21.4 Å². The molecular formula is C22H19ClN6O5S. The van der Waals surface area contributed by atoms with Gasteiger partial charge in [-0.3, -0.25) is 9.36 Å². The van der Waals surface area contributed by atoms with Crippen LogP contribution in [0.1, 0.15) is 12.5 Å². The molecule has 0 radical (unpaired) electrons. The fourth-order valence-corrected chi connectivity index (χ4v) is 3.54. The first-order chi connectivity index (χ1) is 16.9. The molecular weight excluding hydrogens is 496 g/mol. The van der Waals surface area contributed by atoms with Crippen LogP contribution in [0.5, 0.6) is 11.6 Å². The van der Waals surface area contributed by atoms with E-state index in [2.05, 4.69) is 19.0 Å². The van der Waals surface area contributed by atoms with Gasteiger partial charge in [0.2, 0.25) is 5.95 Å². The average molecular weight is 515 g/mol. The largest absolute Gasteiger partial charge is 0.465 e. The molecule has 0 saturated carbocycles. The van der Waals surface area contributed by atoms with Crippen molar-refractivity contribution in [2.75, 3.05) is 11.9 Å². The third kappa shape index (κ3) is 6.11. The molecule has 180 valence electrons. The zero-order valence-corrected chi connectivity index (χ0v) is 20.0. The Kier molecular flexibility index (Phi) is 7.53. The van der Waals surface area contributed by atoms with Crippen LogP contribution in [0.3, 0.4) is 0 Å². The van der Waals surface area contributed by atoms with E-state index in [1.54, 1.807) is 55.5 Å². The second-order valence-corrected chi connectivity index (χ2v) is 8.09. The molecule has 11 nitrogen and oxygen atoms in total. The summed E-state index contributed by atoms with van der Waals surface area (Å²) in [4.78, 5) is 41.8. The lowest BCUT2D eigenvalue weighted by atomic mass is 10.2. The van der Waals surface area contributed by atoms with Gasteiger partial charge in [0, 0.05) is 10.7 Å². The second-order valence-electron chi connectivity index (χ2n) is 7.10. The van der Waals surface area contributed by atoms with E-state index < -0.39 is 23.9 Å². The standard InChI is InChI=1S/C22H19ClN6O5S/c1-2-33-19(30)13-29-21(31)26-20(28(22(29)32)12-14-3-5-15(23)6-4-14)25-16-7-9-17(10-8-16)34-18-11-24-35-27-18/h3-11H,2,12-13H2,1H3,(H,25,26,31). The number of nitrogens with one attached hydrogen (secondary N) is 1. The quantitative estimate of drug-likeness (QED) is 0.335. The number of ether oxygens (including phenoxy) is 2. The van der Waals surface area contributed by atoms with Gasteiger partial charge in [0.05, 0.1) is 24.9 Å². The van der Waals surface area contributed by atoms with Gasteiger partial charge in [-0.25, -0.2) is 14.2 Å². The number of aromatic nitrogens is 5. The molecule has 0 amide bonds. The van der Waals surface area contributed by atoms with Crippen LogP contribution in [0.4, 0.5) is 11.6 Å². The topological polar surface area (TPSA) is 130 Å². The molecule has 0 unspecified atom stereocenters. The molecule has 2 heterocycles. The molecule has 4 aromatic rings. The van der Waals surface area contributed by atoms with Crippen LogP contribution in [0.25, 0.3) is 0 Å². The maximum atomic E-state index is 13.2. The van der Waals surface area contributed by atoms with E-state index in [1.807, 2.05) is 0 Å². The Morgan fingerprint density at radius 2 is 1.83 bits per heavy atom. The number of carbonyl (C=O) groups excluding carboxylic acids is 1. The number of anilines is 2. The van der Waals surface area contributed by atoms with Crippen molar-refractivity contribution in [2.45, 2.75) is 20.0 Å². The van der Waals surface area contributed by atoms with Crippen LogP contribution in [-0.2, 0) is 22.6 Å².